The van der Waals surface area contributed by atoms with Crippen molar-refractivity contribution in [1.29, 1.82) is 0 Å². The van der Waals surface area contributed by atoms with Crippen molar-refractivity contribution in [2.24, 2.45) is 17.6 Å². The van der Waals surface area contributed by atoms with Crippen LogP contribution in [0.25, 0.3) is 0 Å². The summed E-state index contributed by atoms with van der Waals surface area (Å²) in [6.45, 7) is 2.94. The van der Waals surface area contributed by atoms with Gasteiger partial charge in [-0.15, -0.1) is 0 Å². The SMILES string of the molecule is CC1CCC(C(CN)Nc2ccc(F)c(Br)c2)CC1. The molecule has 19 heavy (non-hydrogen) atoms. The highest BCUT2D eigenvalue weighted by atomic mass is 79.9. The summed E-state index contributed by atoms with van der Waals surface area (Å²) in [6.07, 6.45) is 5.04. The molecule has 0 saturated heterocycles. The molecular formula is C15H22BrFN2. The third-order valence-electron chi connectivity index (χ3n) is 4.16. The van der Waals surface area contributed by atoms with E-state index in [0.717, 1.165) is 11.6 Å². The topological polar surface area (TPSA) is 38.0 Å². The lowest BCUT2D eigenvalue weighted by molar-refractivity contribution is 0.265. The Hall–Kier alpha value is -0.610. The molecule has 1 saturated carbocycles. The zero-order valence-electron chi connectivity index (χ0n) is 11.3. The zero-order chi connectivity index (χ0) is 13.8. The number of rotatable bonds is 4. The molecule has 1 unspecified atom stereocenters. The summed E-state index contributed by atoms with van der Waals surface area (Å²) in [7, 11) is 0. The highest BCUT2D eigenvalue weighted by molar-refractivity contribution is 9.10. The van der Waals surface area contributed by atoms with Gasteiger partial charge < -0.3 is 11.1 Å². The molecule has 0 radical (unpaired) electrons. The summed E-state index contributed by atoms with van der Waals surface area (Å²) in [5.74, 6) is 1.24. The number of nitrogens with one attached hydrogen (secondary N) is 1. The number of benzene rings is 1. The zero-order valence-corrected chi connectivity index (χ0v) is 12.9. The van der Waals surface area contributed by atoms with E-state index in [0.29, 0.717) is 16.9 Å². The van der Waals surface area contributed by atoms with Crippen molar-refractivity contribution in [3.8, 4) is 0 Å². The van der Waals surface area contributed by atoms with E-state index in [1.807, 2.05) is 0 Å². The predicted molar refractivity (Wildman–Crippen MR) is 81.7 cm³/mol. The van der Waals surface area contributed by atoms with Gasteiger partial charge in [0.1, 0.15) is 5.82 Å². The Morgan fingerprint density at radius 2 is 2.05 bits per heavy atom. The van der Waals surface area contributed by atoms with E-state index in [1.54, 1.807) is 12.1 Å². The summed E-state index contributed by atoms with van der Waals surface area (Å²) < 4.78 is 13.7. The molecule has 1 atom stereocenters. The maximum atomic E-state index is 13.2. The average Bonchev–Trinajstić information content (AvgIpc) is 2.41. The van der Waals surface area contributed by atoms with Crippen molar-refractivity contribution >= 4 is 21.6 Å². The lowest BCUT2D eigenvalue weighted by Crippen LogP contribution is -2.38. The molecule has 1 aliphatic rings. The van der Waals surface area contributed by atoms with Crippen LogP contribution >= 0.6 is 15.9 Å². The second-order valence-corrected chi connectivity index (χ2v) is 6.49. The Morgan fingerprint density at radius 3 is 2.63 bits per heavy atom. The van der Waals surface area contributed by atoms with Crippen LogP contribution in [0.5, 0.6) is 0 Å². The first-order valence-corrected chi connectivity index (χ1v) is 7.81. The molecule has 1 fully saturated rings. The summed E-state index contributed by atoms with van der Waals surface area (Å²) in [5.41, 5.74) is 6.84. The van der Waals surface area contributed by atoms with E-state index < -0.39 is 0 Å². The fourth-order valence-electron chi connectivity index (χ4n) is 2.86. The molecule has 106 valence electrons. The first-order chi connectivity index (χ1) is 9.10. The van der Waals surface area contributed by atoms with E-state index in [9.17, 15) is 4.39 Å². The quantitative estimate of drug-likeness (QED) is 0.871. The van der Waals surface area contributed by atoms with Gasteiger partial charge >= 0.3 is 0 Å². The Morgan fingerprint density at radius 1 is 1.37 bits per heavy atom. The average molecular weight is 329 g/mol. The highest BCUT2D eigenvalue weighted by Gasteiger charge is 2.25. The second kappa shape index (κ2) is 6.71. The van der Waals surface area contributed by atoms with Gasteiger partial charge in [-0.05, 0) is 58.8 Å². The number of hydrogen-bond donors (Lipinski definition) is 2. The maximum absolute atomic E-state index is 13.2. The van der Waals surface area contributed by atoms with E-state index in [4.69, 9.17) is 5.73 Å². The summed E-state index contributed by atoms with van der Waals surface area (Å²) >= 11 is 3.22. The standard InChI is InChI=1S/C15H22BrFN2/c1-10-2-4-11(5-3-10)15(9-18)19-12-6-7-14(17)13(16)8-12/h6-8,10-11,15,19H,2-5,9,18H2,1H3. The third-order valence-corrected chi connectivity index (χ3v) is 4.76. The molecule has 2 nitrogen and oxygen atoms in total. The molecule has 0 amide bonds. The molecule has 2 rings (SSSR count). The van der Waals surface area contributed by atoms with Gasteiger partial charge in [-0.1, -0.05) is 19.8 Å². The van der Waals surface area contributed by atoms with Gasteiger partial charge in [0.2, 0.25) is 0 Å². The fourth-order valence-corrected chi connectivity index (χ4v) is 3.24. The Bertz CT molecular complexity index is 417. The van der Waals surface area contributed by atoms with Crippen LogP contribution in [-0.2, 0) is 0 Å². The van der Waals surface area contributed by atoms with Crippen LogP contribution in [0, 0.1) is 17.7 Å². The minimum atomic E-state index is -0.235. The van der Waals surface area contributed by atoms with Crippen LogP contribution in [-0.4, -0.2) is 12.6 Å². The smallest absolute Gasteiger partial charge is 0.137 e. The lowest BCUT2D eigenvalue weighted by atomic mass is 9.79. The van der Waals surface area contributed by atoms with Crippen LogP contribution in [0.2, 0.25) is 0 Å². The largest absolute Gasteiger partial charge is 0.381 e. The second-order valence-electron chi connectivity index (χ2n) is 5.64. The van der Waals surface area contributed by atoms with Gasteiger partial charge in [0, 0.05) is 18.3 Å². The molecule has 4 heteroatoms. The van der Waals surface area contributed by atoms with Gasteiger partial charge in [-0.2, -0.15) is 0 Å². The monoisotopic (exact) mass is 328 g/mol. The number of hydrogen-bond acceptors (Lipinski definition) is 2. The lowest BCUT2D eigenvalue weighted by Gasteiger charge is -2.33. The molecule has 1 aromatic rings. The van der Waals surface area contributed by atoms with Gasteiger partial charge in [0.25, 0.3) is 0 Å². The van der Waals surface area contributed by atoms with Crippen molar-refractivity contribution in [2.75, 3.05) is 11.9 Å². The Balaban J connectivity index is 2.00. The number of nitrogens with two attached hydrogens (primary N) is 1. The van der Waals surface area contributed by atoms with Gasteiger partial charge in [-0.25, -0.2) is 4.39 Å². The summed E-state index contributed by atoms with van der Waals surface area (Å²) in [6, 6.07) is 5.31. The Kier molecular flexibility index (Phi) is 5.22. The van der Waals surface area contributed by atoms with Crippen molar-refractivity contribution in [2.45, 2.75) is 38.6 Å². The van der Waals surface area contributed by atoms with Crippen LogP contribution in [0.15, 0.2) is 22.7 Å². The molecule has 0 heterocycles. The minimum Gasteiger partial charge on any atom is -0.381 e. The van der Waals surface area contributed by atoms with Crippen LogP contribution in [0.3, 0.4) is 0 Å². The maximum Gasteiger partial charge on any atom is 0.137 e. The molecule has 1 aliphatic carbocycles. The van der Waals surface area contributed by atoms with Gasteiger partial charge in [0.15, 0.2) is 0 Å². The normalized spacial score (nSPS) is 25.1. The summed E-state index contributed by atoms with van der Waals surface area (Å²) in [5, 5.41) is 3.46. The van der Waals surface area contributed by atoms with Gasteiger partial charge in [0.05, 0.1) is 4.47 Å². The Labute approximate surface area is 123 Å². The molecule has 0 spiro atoms. The fraction of sp³-hybridized carbons (Fsp3) is 0.600. The number of anilines is 1. The van der Waals surface area contributed by atoms with E-state index in [-0.39, 0.29) is 11.9 Å². The highest BCUT2D eigenvalue weighted by Crippen LogP contribution is 2.31. The third kappa shape index (κ3) is 3.93. The van der Waals surface area contributed by atoms with E-state index in [2.05, 4.69) is 28.2 Å². The molecular weight excluding hydrogens is 307 g/mol. The molecule has 0 aliphatic heterocycles. The van der Waals surface area contributed by atoms with Crippen molar-refractivity contribution in [3.05, 3.63) is 28.5 Å². The van der Waals surface area contributed by atoms with Gasteiger partial charge in [-0.3, -0.25) is 0 Å². The molecule has 0 bridgehead atoms. The van der Waals surface area contributed by atoms with Crippen LogP contribution < -0.4 is 11.1 Å². The molecule has 3 N–H and O–H groups in total. The first-order valence-electron chi connectivity index (χ1n) is 7.01. The van der Waals surface area contributed by atoms with Crippen molar-refractivity contribution < 1.29 is 4.39 Å². The minimum absolute atomic E-state index is 0.235. The first kappa shape index (κ1) is 14.8. The van der Waals surface area contributed by atoms with Crippen LogP contribution in [0.4, 0.5) is 10.1 Å². The van der Waals surface area contributed by atoms with Crippen LogP contribution in [0.1, 0.15) is 32.6 Å². The van der Waals surface area contributed by atoms with E-state index in [1.165, 1.54) is 31.7 Å². The molecule has 1 aromatic carbocycles. The molecule has 0 aromatic heterocycles. The van der Waals surface area contributed by atoms with E-state index >= 15 is 0 Å². The number of halogens is 2. The summed E-state index contributed by atoms with van der Waals surface area (Å²) in [4.78, 5) is 0. The van der Waals surface area contributed by atoms with Crippen molar-refractivity contribution in [3.63, 3.8) is 0 Å². The predicted octanol–water partition coefficient (Wildman–Crippen LogP) is 4.15. The van der Waals surface area contributed by atoms with Crippen molar-refractivity contribution in [1.82, 2.24) is 0 Å².